The molecule has 2 fully saturated rings. The van der Waals surface area contributed by atoms with Crippen LogP contribution in [-0.4, -0.2) is 116 Å². The molecule has 0 saturated carbocycles. The van der Waals surface area contributed by atoms with Crippen LogP contribution in [0.5, 0.6) is 23.0 Å². The van der Waals surface area contributed by atoms with Crippen molar-refractivity contribution in [2.24, 2.45) is 0 Å². The first-order valence-corrected chi connectivity index (χ1v) is 15.2. The van der Waals surface area contributed by atoms with E-state index in [1.165, 1.54) is 14.0 Å². The van der Waals surface area contributed by atoms with E-state index in [0.29, 0.717) is 11.3 Å². The van der Waals surface area contributed by atoms with Crippen LogP contribution < -0.4 is 14.9 Å². The van der Waals surface area contributed by atoms with Crippen LogP contribution in [0.15, 0.2) is 51.2 Å². The second-order valence-electron chi connectivity index (χ2n) is 12.0. The SMILES string of the molecule is COc1ccc(-c2oc3c(CC=C(C)C)c(O)cc(O)c3c(=O)c2O[C@H]2O[C@H](C)[C@@H](O)[C@H](O)[C@@H]2O[C@@H]2O[C@@H](CO)[C@H](O)[C@@H](O)[C@@H]2O)cc1. The summed E-state index contributed by atoms with van der Waals surface area (Å²) in [6, 6.07) is 7.34. The molecule has 2 saturated heterocycles. The molecule has 2 aromatic carbocycles. The lowest BCUT2D eigenvalue weighted by Gasteiger charge is -2.45. The fourth-order valence-corrected chi connectivity index (χ4v) is 5.61. The smallest absolute Gasteiger partial charge is 0.239 e. The van der Waals surface area contributed by atoms with Gasteiger partial charge >= 0.3 is 0 Å². The molecule has 15 heteroatoms. The summed E-state index contributed by atoms with van der Waals surface area (Å²) in [5.41, 5.74) is 0.434. The Morgan fingerprint density at radius 1 is 0.896 bits per heavy atom. The number of phenols is 2. The molecule has 5 rings (SSSR count). The molecule has 1 aromatic heterocycles. The Hall–Kier alpha value is -3.77. The van der Waals surface area contributed by atoms with Gasteiger partial charge in [-0.1, -0.05) is 11.6 Å². The highest BCUT2D eigenvalue weighted by molar-refractivity contribution is 5.91. The van der Waals surface area contributed by atoms with Crippen LogP contribution >= 0.6 is 0 Å². The summed E-state index contributed by atoms with van der Waals surface area (Å²) in [5, 5.41) is 83.7. The van der Waals surface area contributed by atoms with E-state index in [1.54, 1.807) is 30.3 Å². The standard InChI is InChI=1S/C33H40O15/c1-13(2)5-10-17-18(35)11-19(36)21-24(39)30(28(46-29(17)21)15-6-8-16(43-4)9-7-15)47-33-31(26(41)22(37)14(3)44-33)48-32-27(42)25(40)23(38)20(12-34)45-32/h5-9,11,14,20,22-23,25-27,31-38,40-42H,10,12H2,1-4H3/t14-,20+,22-,23+,25-,26+,27+,31+,32+,33-/m1/s1. The number of rotatable bonds is 9. The van der Waals surface area contributed by atoms with Crippen LogP contribution in [0.3, 0.4) is 0 Å². The number of methoxy groups -OCH3 is 1. The topological polar surface area (TPSA) is 238 Å². The molecule has 3 aromatic rings. The number of ether oxygens (including phenoxy) is 5. The van der Waals surface area contributed by atoms with Crippen molar-refractivity contribution in [3.8, 4) is 34.3 Å². The molecule has 15 nitrogen and oxygen atoms in total. The molecule has 2 aliphatic heterocycles. The second kappa shape index (κ2) is 14.4. The van der Waals surface area contributed by atoms with Gasteiger partial charge in [0.05, 0.1) is 19.8 Å². The Bertz CT molecular complexity index is 1680. The number of allylic oxidation sites excluding steroid dienone is 2. The van der Waals surface area contributed by atoms with E-state index in [0.717, 1.165) is 11.6 Å². The highest BCUT2D eigenvalue weighted by atomic mass is 16.8. The van der Waals surface area contributed by atoms with Crippen LogP contribution in [0.1, 0.15) is 26.3 Å². The van der Waals surface area contributed by atoms with E-state index in [2.05, 4.69) is 0 Å². The Balaban J connectivity index is 1.65. The van der Waals surface area contributed by atoms with E-state index in [1.807, 2.05) is 13.8 Å². The zero-order chi connectivity index (χ0) is 35.0. The second-order valence-corrected chi connectivity index (χ2v) is 12.0. The van der Waals surface area contributed by atoms with E-state index in [9.17, 15) is 45.6 Å². The van der Waals surface area contributed by atoms with E-state index in [-0.39, 0.29) is 34.5 Å². The van der Waals surface area contributed by atoms with Gasteiger partial charge in [0.1, 0.15) is 64.8 Å². The zero-order valence-electron chi connectivity index (χ0n) is 26.6. The molecule has 10 atom stereocenters. The Morgan fingerprint density at radius 2 is 1.58 bits per heavy atom. The molecule has 48 heavy (non-hydrogen) atoms. The van der Waals surface area contributed by atoms with Crippen molar-refractivity contribution in [3.63, 3.8) is 0 Å². The third kappa shape index (κ3) is 6.74. The molecule has 0 aliphatic carbocycles. The van der Waals surface area contributed by atoms with Crippen molar-refractivity contribution in [2.75, 3.05) is 13.7 Å². The van der Waals surface area contributed by atoms with Crippen molar-refractivity contribution in [2.45, 2.75) is 88.6 Å². The molecular formula is C33H40O15. The Kier molecular flexibility index (Phi) is 10.6. The van der Waals surface area contributed by atoms with Crippen LogP contribution in [0.2, 0.25) is 0 Å². The molecule has 0 bridgehead atoms. The van der Waals surface area contributed by atoms with Crippen molar-refractivity contribution in [3.05, 3.63) is 57.8 Å². The average molecular weight is 677 g/mol. The fraction of sp³-hybridized carbons (Fsp3) is 0.485. The lowest BCUT2D eigenvalue weighted by atomic mass is 9.97. The van der Waals surface area contributed by atoms with Gasteiger partial charge in [0, 0.05) is 17.2 Å². The summed E-state index contributed by atoms with van der Waals surface area (Å²) in [5.74, 6) is -1.11. The number of fused-ring (bicyclic) bond motifs is 1. The average Bonchev–Trinajstić information content (AvgIpc) is 3.05. The maximum Gasteiger partial charge on any atom is 0.239 e. The normalized spacial score (nSPS) is 30.6. The summed E-state index contributed by atoms with van der Waals surface area (Å²) >= 11 is 0. The van der Waals surface area contributed by atoms with Gasteiger partial charge in [-0.25, -0.2) is 0 Å². The number of hydrogen-bond acceptors (Lipinski definition) is 15. The van der Waals surface area contributed by atoms with Gasteiger partial charge in [-0.3, -0.25) is 4.79 Å². The van der Waals surface area contributed by atoms with Gasteiger partial charge in [-0.2, -0.15) is 0 Å². The third-order valence-corrected chi connectivity index (χ3v) is 8.41. The van der Waals surface area contributed by atoms with Gasteiger partial charge in [0.15, 0.2) is 18.2 Å². The number of hydrogen-bond donors (Lipinski definition) is 8. The van der Waals surface area contributed by atoms with Gasteiger partial charge in [0.2, 0.25) is 17.5 Å². The minimum absolute atomic E-state index is 0.115. The summed E-state index contributed by atoms with van der Waals surface area (Å²) in [6.07, 6.45) is -14.4. The first-order valence-electron chi connectivity index (χ1n) is 15.2. The molecule has 8 N–H and O–H groups in total. The first-order chi connectivity index (χ1) is 22.8. The highest BCUT2D eigenvalue weighted by Gasteiger charge is 2.51. The summed E-state index contributed by atoms with van der Waals surface area (Å²) in [7, 11) is 1.47. The van der Waals surface area contributed by atoms with Crippen LogP contribution in [0.25, 0.3) is 22.3 Å². The van der Waals surface area contributed by atoms with Crippen molar-refractivity contribution in [1.29, 1.82) is 0 Å². The number of aliphatic hydroxyl groups is 6. The lowest BCUT2D eigenvalue weighted by molar-refractivity contribution is -0.355. The number of benzene rings is 2. The molecule has 0 unspecified atom stereocenters. The van der Waals surface area contributed by atoms with Gasteiger partial charge in [-0.05, 0) is 51.5 Å². The Labute approximate surface area is 274 Å². The lowest BCUT2D eigenvalue weighted by Crippen LogP contribution is -2.64. The van der Waals surface area contributed by atoms with Crippen LogP contribution in [0.4, 0.5) is 0 Å². The van der Waals surface area contributed by atoms with Crippen molar-refractivity contribution >= 4 is 11.0 Å². The van der Waals surface area contributed by atoms with E-state index >= 15 is 0 Å². The summed E-state index contributed by atoms with van der Waals surface area (Å²) in [6.45, 7) is 4.37. The minimum Gasteiger partial charge on any atom is -0.507 e. The summed E-state index contributed by atoms with van der Waals surface area (Å²) < 4.78 is 34.6. The predicted octanol–water partition coefficient (Wildman–Crippen LogP) is 0.419. The minimum atomic E-state index is -1.88. The molecule has 262 valence electrons. The first kappa shape index (κ1) is 35.5. The number of aliphatic hydroxyl groups excluding tert-OH is 6. The van der Waals surface area contributed by atoms with Crippen molar-refractivity contribution in [1.82, 2.24) is 0 Å². The maximum atomic E-state index is 14.3. The van der Waals surface area contributed by atoms with E-state index in [4.69, 9.17) is 28.1 Å². The molecule has 3 heterocycles. The highest BCUT2D eigenvalue weighted by Crippen LogP contribution is 2.41. The predicted molar refractivity (Wildman–Crippen MR) is 167 cm³/mol. The monoisotopic (exact) mass is 676 g/mol. The van der Waals surface area contributed by atoms with Crippen molar-refractivity contribution < 1.29 is 69.0 Å². The largest absolute Gasteiger partial charge is 0.507 e. The van der Waals surface area contributed by atoms with Gasteiger partial charge < -0.3 is 69.0 Å². The van der Waals surface area contributed by atoms with E-state index < -0.39 is 84.9 Å². The number of phenolic OH excluding ortho intramolecular Hbond substituents is 2. The van der Waals surface area contributed by atoms with Crippen LogP contribution in [0, 0.1) is 0 Å². The van der Waals surface area contributed by atoms with Gasteiger partial charge in [0.25, 0.3) is 0 Å². The quantitative estimate of drug-likeness (QED) is 0.143. The molecule has 0 radical (unpaired) electrons. The Morgan fingerprint density at radius 3 is 2.21 bits per heavy atom. The third-order valence-electron chi connectivity index (χ3n) is 8.41. The number of aromatic hydroxyl groups is 2. The summed E-state index contributed by atoms with van der Waals surface area (Å²) in [4.78, 5) is 14.3. The van der Waals surface area contributed by atoms with Crippen LogP contribution in [-0.2, 0) is 20.6 Å². The fourth-order valence-electron chi connectivity index (χ4n) is 5.61. The molecule has 0 spiro atoms. The molecule has 2 aliphatic rings. The molecule has 0 amide bonds. The van der Waals surface area contributed by atoms with Gasteiger partial charge in [-0.15, -0.1) is 0 Å². The maximum absolute atomic E-state index is 14.3. The molecular weight excluding hydrogens is 636 g/mol. The zero-order valence-corrected chi connectivity index (χ0v) is 26.6.